The Kier molecular flexibility index (Phi) is 4.57. The Morgan fingerprint density at radius 1 is 1.26 bits per heavy atom. The number of carbonyl (C=O) groups is 2. The minimum Gasteiger partial charge on any atom is -0.339 e. The van der Waals surface area contributed by atoms with E-state index in [4.69, 9.17) is 0 Å². The minimum atomic E-state index is -0.124. The third kappa shape index (κ3) is 3.65. The molecule has 1 saturated carbocycles. The molecule has 1 aliphatic heterocycles. The van der Waals surface area contributed by atoms with Crippen LogP contribution in [0.15, 0.2) is 5.38 Å². The van der Waals surface area contributed by atoms with Crippen LogP contribution in [0.3, 0.4) is 0 Å². The lowest BCUT2D eigenvalue weighted by molar-refractivity contribution is -0.134. The summed E-state index contributed by atoms with van der Waals surface area (Å²) in [6.45, 7) is 8.71. The Balaban J connectivity index is 1.48. The molecule has 1 aromatic rings. The lowest BCUT2D eigenvalue weighted by Crippen LogP contribution is -2.52. The number of aromatic nitrogens is 1. The van der Waals surface area contributed by atoms with Gasteiger partial charge in [-0.3, -0.25) is 10.1 Å². The highest BCUT2D eigenvalue weighted by Crippen LogP contribution is 2.39. The van der Waals surface area contributed by atoms with Crippen LogP contribution in [-0.4, -0.2) is 52.9 Å². The van der Waals surface area contributed by atoms with Gasteiger partial charge in [0.05, 0.1) is 5.69 Å². The van der Waals surface area contributed by atoms with Crippen LogP contribution in [0.1, 0.15) is 38.8 Å². The average molecular weight is 336 g/mol. The zero-order chi connectivity index (χ0) is 16.6. The number of carbonyl (C=O) groups excluding carboxylic acids is 2. The molecule has 1 N–H and O–H groups in total. The molecule has 3 amide bonds. The Morgan fingerprint density at radius 2 is 1.87 bits per heavy atom. The Bertz CT molecular complexity index is 593. The van der Waals surface area contributed by atoms with Gasteiger partial charge in [0.25, 0.3) is 0 Å². The lowest BCUT2D eigenvalue weighted by atomic mass is 10.2. The molecule has 6 nitrogen and oxygen atoms in total. The van der Waals surface area contributed by atoms with Gasteiger partial charge in [-0.1, -0.05) is 20.8 Å². The second kappa shape index (κ2) is 6.47. The molecule has 0 bridgehead atoms. The number of amides is 3. The molecule has 0 radical (unpaired) electrons. The fourth-order valence-electron chi connectivity index (χ4n) is 2.81. The second-order valence-corrected chi connectivity index (χ2v) is 7.65. The highest BCUT2D eigenvalue weighted by atomic mass is 32.1. The lowest BCUT2D eigenvalue weighted by Gasteiger charge is -2.34. The van der Waals surface area contributed by atoms with Crippen molar-refractivity contribution in [3.8, 4) is 0 Å². The number of hydrogen-bond donors (Lipinski definition) is 1. The van der Waals surface area contributed by atoms with Crippen LogP contribution in [0.2, 0.25) is 0 Å². The average Bonchev–Trinajstić information content (AvgIpc) is 3.07. The molecule has 1 aliphatic carbocycles. The van der Waals surface area contributed by atoms with Crippen LogP contribution < -0.4 is 5.32 Å². The summed E-state index contributed by atoms with van der Waals surface area (Å²) in [4.78, 5) is 32.6. The van der Waals surface area contributed by atoms with Crippen molar-refractivity contribution in [3.63, 3.8) is 0 Å². The van der Waals surface area contributed by atoms with Crippen LogP contribution in [0.4, 0.5) is 9.93 Å². The molecule has 2 heterocycles. The van der Waals surface area contributed by atoms with Crippen LogP contribution in [0.5, 0.6) is 0 Å². The first-order valence-corrected chi connectivity index (χ1v) is 9.13. The summed E-state index contributed by atoms with van der Waals surface area (Å²) in [5.41, 5.74) is 0.999. The highest BCUT2D eigenvalue weighted by molar-refractivity contribution is 7.13. The molecule has 1 saturated heterocycles. The SMILES string of the molecule is CC(C)c1csc(NC(=O)N2CCN(C(=O)[C@@H]3C[C@H]3C)CC2)n1. The fourth-order valence-corrected chi connectivity index (χ4v) is 3.67. The second-order valence-electron chi connectivity index (χ2n) is 6.79. The van der Waals surface area contributed by atoms with Gasteiger partial charge in [-0.2, -0.15) is 0 Å². The maximum Gasteiger partial charge on any atom is 0.323 e. The first kappa shape index (κ1) is 16.2. The molecule has 126 valence electrons. The first-order valence-electron chi connectivity index (χ1n) is 8.26. The van der Waals surface area contributed by atoms with E-state index in [1.807, 2.05) is 10.3 Å². The van der Waals surface area contributed by atoms with Gasteiger partial charge in [0.1, 0.15) is 0 Å². The predicted octanol–water partition coefficient (Wildman–Crippen LogP) is 2.60. The molecule has 0 aromatic carbocycles. The standard InChI is InChI=1S/C16H24N4O2S/c1-10(2)13-9-23-15(17-13)18-16(22)20-6-4-19(5-7-20)14(21)12-8-11(12)3/h9-12H,4-8H2,1-3H3,(H,17,18,22)/t11-,12-/m1/s1. The summed E-state index contributed by atoms with van der Waals surface area (Å²) in [7, 11) is 0. The first-order chi connectivity index (χ1) is 11.0. The van der Waals surface area contributed by atoms with Crippen LogP contribution in [0.25, 0.3) is 0 Å². The molecular formula is C16H24N4O2S. The number of thiazole rings is 1. The molecule has 3 rings (SSSR count). The van der Waals surface area contributed by atoms with Crippen LogP contribution in [-0.2, 0) is 4.79 Å². The van der Waals surface area contributed by atoms with Crippen molar-refractivity contribution in [1.82, 2.24) is 14.8 Å². The van der Waals surface area contributed by atoms with Crippen molar-refractivity contribution in [2.75, 3.05) is 31.5 Å². The molecule has 2 fully saturated rings. The third-order valence-corrected chi connectivity index (χ3v) is 5.41. The van der Waals surface area contributed by atoms with E-state index in [0.717, 1.165) is 12.1 Å². The quantitative estimate of drug-likeness (QED) is 0.923. The molecule has 1 aromatic heterocycles. The van der Waals surface area contributed by atoms with E-state index < -0.39 is 0 Å². The van der Waals surface area contributed by atoms with E-state index >= 15 is 0 Å². The number of hydrogen-bond acceptors (Lipinski definition) is 4. The summed E-state index contributed by atoms with van der Waals surface area (Å²) in [5, 5.41) is 5.49. The van der Waals surface area contributed by atoms with E-state index in [1.165, 1.54) is 11.3 Å². The van der Waals surface area contributed by atoms with E-state index in [2.05, 4.69) is 31.1 Å². The Hall–Kier alpha value is -1.63. The summed E-state index contributed by atoms with van der Waals surface area (Å²) in [6, 6.07) is -0.124. The van der Waals surface area contributed by atoms with Crippen molar-refractivity contribution in [3.05, 3.63) is 11.1 Å². The van der Waals surface area contributed by atoms with Crippen molar-refractivity contribution in [1.29, 1.82) is 0 Å². The molecule has 23 heavy (non-hydrogen) atoms. The van der Waals surface area contributed by atoms with Gasteiger partial charge in [-0.05, 0) is 18.3 Å². The van der Waals surface area contributed by atoms with E-state index in [9.17, 15) is 9.59 Å². The van der Waals surface area contributed by atoms with Gasteiger partial charge in [0.15, 0.2) is 5.13 Å². The molecular weight excluding hydrogens is 312 g/mol. The van der Waals surface area contributed by atoms with Gasteiger partial charge in [-0.15, -0.1) is 11.3 Å². The van der Waals surface area contributed by atoms with E-state index in [1.54, 1.807) is 4.90 Å². The number of anilines is 1. The highest BCUT2D eigenvalue weighted by Gasteiger charge is 2.42. The van der Waals surface area contributed by atoms with Gasteiger partial charge in [0, 0.05) is 37.5 Å². The molecule has 2 atom stereocenters. The maximum absolute atomic E-state index is 12.3. The van der Waals surface area contributed by atoms with Crippen molar-refractivity contribution >= 4 is 28.4 Å². The number of piperazine rings is 1. The summed E-state index contributed by atoms with van der Waals surface area (Å²) < 4.78 is 0. The largest absolute Gasteiger partial charge is 0.339 e. The minimum absolute atomic E-state index is 0.124. The number of rotatable bonds is 3. The molecule has 0 unspecified atom stereocenters. The number of nitrogens with zero attached hydrogens (tertiary/aromatic N) is 3. The smallest absolute Gasteiger partial charge is 0.323 e. The zero-order valence-corrected chi connectivity index (χ0v) is 14.7. The van der Waals surface area contributed by atoms with E-state index in [-0.39, 0.29) is 17.9 Å². The van der Waals surface area contributed by atoms with Crippen LogP contribution >= 0.6 is 11.3 Å². The summed E-state index contributed by atoms with van der Waals surface area (Å²) in [6.07, 6.45) is 1.02. The fraction of sp³-hybridized carbons (Fsp3) is 0.688. The van der Waals surface area contributed by atoms with Gasteiger partial charge >= 0.3 is 6.03 Å². The number of nitrogens with one attached hydrogen (secondary N) is 1. The topological polar surface area (TPSA) is 65.5 Å². The summed E-state index contributed by atoms with van der Waals surface area (Å²) >= 11 is 1.45. The van der Waals surface area contributed by atoms with Gasteiger partial charge in [-0.25, -0.2) is 9.78 Å². The Morgan fingerprint density at radius 3 is 2.39 bits per heavy atom. The zero-order valence-electron chi connectivity index (χ0n) is 13.9. The number of urea groups is 1. The predicted molar refractivity (Wildman–Crippen MR) is 90.6 cm³/mol. The van der Waals surface area contributed by atoms with Crippen molar-refractivity contribution in [2.45, 2.75) is 33.1 Å². The van der Waals surface area contributed by atoms with Gasteiger partial charge < -0.3 is 9.80 Å². The van der Waals surface area contributed by atoms with Crippen molar-refractivity contribution in [2.24, 2.45) is 11.8 Å². The van der Waals surface area contributed by atoms with Crippen molar-refractivity contribution < 1.29 is 9.59 Å². The summed E-state index contributed by atoms with van der Waals surface area (Å²) in [5.74, 6) is 1.37. The van der Waals surface area contributed by atoms with Gasteiger partial charge in [0.2, 0.25) is 5.91 Å². The molecule has 2 aliphatic rings. The maximum atomic E-state index is 12.3. The van der Waals surface area contributed by atoms with E-state index in [0.29, 0.717) is 43.1 Å². The molecule has 7 heteroatoms. The normalized spacial score (nSPS) is 24.0. The van der Waals surface area contributed by atoms with Crippen LogP contribution in [0, 0.1) is 11.8 Å². The Labute approximate surface area is 140 Å². The molecule has 0 spiro atoms. The third-order valence-electron chi connectivity index (χ3n) is 4.63. The monoisotopic (exact) mass is 336 g/mol.